The Morgan fingerprint density at radius 2 is 1.19 bits per heavy atom. The summed E-state index contributed by atoms with van der Waals surface area (Å²) in [5.74, 6) is -9.57. The van der Waals surface area contributed by atoms with Gasteiger partial charge in [-0.15, -0.1) is 9.60 Å². The van der Waals surface area contributed by atoms with E-state index in [0.717, 1.165) is 0 Å². The Labute approximate surface area is 142 Å². The SMILES string of the molecule is CC(OC(C)C(F)(F)C(F)C(F)(F)F)C(F)(F)C(F)N1CCN(F)CC1. The molecule has 0 aromatic carbocycles. The Kier molecular flexibility index (Phi) is 7.19. The third-order valence-electron chi connectivity index (χ3n) is 4.02. The number of hydrogen-bond acceptors (Lipinski definition) is 3. The Balaban J connectivity index is 2.78. The fourth-order valence-electron chi connectivity index (χ4n) is 2.27. The maximum absolute atomic E-state index is 14.1. The molecule has 0 aliphatic carbocycles. The Bertz CT molecular complexity index is 453. The van der Waals surface area contributed by atoms with Crippen molar-refractivity contribution >= 4 is 0 Å². The van der Waals surface area contributed by atoms with Gasteiger partial charge in [0.15, 0.2) is 0 Å². The Morgan fingerprint density at radius 1 is 0.769 bits per heavy atom. The molecule has 3 nitrogen and oxygen atoms in total. The maximum atomic E-state index is 14.1. The number of ether oxygens (including phenoxy) is 1. The molecule has 1 rings (SSSR count). The molecule has 1 aliphatic rings. The van der Waals surface area contributed by atoms with Gasteiger partial charge in [-0.1, -0.05) is 0 Å². The Hall–Kier alpha value is -0.820. The minimum absolute atomic E-state index is 0.266. The van der Waals surface area contributed by atoms with Crippen LogP contribution in [-0.2, 0) is 4.74 Å². The predicted octanol–water partition coefficient (Wildman–Crippen LogP) is 3.75. The molecule has 4 unspecified atom stereocenters. The lowest BCUT2D eigenvalue weighted by atomic mass is 10.1. The second-order valence-corrected chi connectivity index (χ2v) is 5.96. The van der Waals surface area contributed by atoms with Gasteiger partial charge in [-0.2, -0.15) is 22.0 Å². The second kappa shape index (κ2) is 8.05. The van der Waals surface area contributed by atoms with Gasteiger partial charge in [0, 0.05) is 26.2 Å². The molecule has 0 radical (unpaired) electrons. The van der Waals surface area contributed by atoms with Crippen LogP contribution in [0.4, 0.5) is 44.0 Å². The average Bonchev–Trinajstić information content (AvgIpc) is 2.52. The van der Waals surface area contributed by atoms with Crippen LogP contribution >= 0.6 is 0 Å². The predicted molar refractivity (Wildman–Crippen MR) is 70.0 cm³/mol. The summed E-state index contributed by atoms with van der Waals surface area (Å²) in [4.78, 5) is 0.548. The first-order valence-corrected chi connectivity index (χ1v) is 7.52. The van der Waals surface area contributed by atoms with Crippen LogP contribution in [0.5, 0.6) is 0 Å². The van der Waals surface area contributed by atoms with Gasteiger partial charge in [-0.3, -0.25) is 4.90 Å². The lowest BCUT2D eigenvalue weighted by Crippen LogP contribution is -2.58. The van der Waals surface area contributed by atoms with E-state index in [1.54, 1.807) is 0 Å². The summed E-state index contributed by atoms with van der Waals surface area (Å²) in [6.45, 7) is -0.825. The van der Waals surface area contributed by atoms with Crippen molar-refractivity contribution in [1.29, 1.82) is 0 Å². The van der Waals surface area contributed by atoms with E-state index in [1.807, 2.05) is 0 Å². The lowest BCUT2D eigenvalue weighted by molar-refractivity contribution is -0.291. The van der Waals surface area contributed by atoms with Gasteiger partial charge in [-0.05, 0) is 13.8 Å². The number of piperazine rings is 1. The van der Waals surface area contributed by atoms with Crippen molar-refractivity contribution in [2.24, 2.45) is 0 Å². The number of halogens is 10. The highest BCUT2D eigenvalue weighted by atomic mass is 19.4. The maximum Gasteiger partial charge on any atom is 0.425 e. The molecule has 0 spiro atoms. The van der Waals surface area contributed by atoms with Gasteiger partial charge in [0.25, 0.3) is 6.17 Å². The van der Waals surface area contributed by atoms with Crippen molar-refractivity contribution in [1.82, 2.24) is 10.0 Å². The van der Waals surface area contributed by atoms with Crippen LogP contribution < -0.4 is 0 Å². The van der Waals surface area contributed by atoms with Crippen LogP contribution in [0.25, 0.3) is 0 Å². The molecule has 4 atom stereocenters. The summed E-state index contributed by atoms with van der Waals surface area (Å²) in [5.41, 5.74) is 0. The first kappa shape index (κ1) is 23.2. The highest BCUT2D eigenvalue weighted by Gasteiger charge is 2.61. The van der Waals surface area contributed by atoms with E-state index >= 15 is 0 Å². The third kappa shape index (κ3) is 5.12. The van der Waals surface area contributed by atoms with Crippen molar-refractivity contribution in [3.63, 3.8) is 0 Å². The molecular weight excluding hydrogens is 390 g/mol. The topological polar surface area (TPSA) is 15.7 Å². The zero-order valence-electron chi connectivity index (χ0n) is 13.7. The summed E-state index contributed by atoms with van der Waals surface area (Å²) in [5, 5.41) is 0.266. The Morgan fingerprint density at radius 3 is 1.62 bits per heavy atom. The molecule has 0 aromatic rings. The second-order valence-electron chi connectivity index (χ2n) is 5.96. The number of rotatable bonds is 7. The first-order valence-electron chi connectivity index (χ1n) is 7.52. The highest BCUT2D eigenvalue weighted by molar-refractivity contribution is 4.91. The van der Waals surface area contributed by atoms with Crippen molar-refractivity contribution < 1.29 is 48.7 Å². The fourth-order valence-corrected chi connectivity index (χ4v) is 2.27. The van der Waals surface area contributed by atoms with Crippen LogP contribution in [0.15, 0.2) is 0 Å². The monoisotopic (exact) mass is 408 g/mol. The zero-order valence-corrected chi connectivity index (χ0v) is 13.7. The van der Waals surface area contributed by atoms with E-state index in [0.29, 0.717) is 11.8 Å². The van der Waals surface area contributed by atoms with Crippen LogP contribution in [0.3, 0.4) is 0 Å². The zero-order chi connectivity index (χ0) is 20.5. The van der Waals surface area contributed by atoms with E-state index in [-0.39, 0.29) is 25.1 Å². The van der Waals surface area contributed by atoms with Crippen molar-refractivity contribution in [3.05, 3.63) is 0 Å². The molecule has 0 aromatic heterocycles. The quantitative estimate of drug-likeness (QED) is 0.363. The summed E-state index contributed by atoms with van der Waals surface area (Å²) in [6.07, 6.45) is -19.1. The number of nitrogens with zero attached hydrogens (tertiary/aromatic N) is 2. The van der Waals surface area contributed by atoms with E-state index in [1.165, 1.54) is 0 Å². The summed E-state index contributed by atoms with van der Waals surface area (Å²) in [6, 6.07) is 0. The molecule has 1 fully saturated rings. The normalized spacial score (nSPS) is 23.5. The van der Waals surface area contributed by atoms with E-state index in [2.05, 4.69) is 4.74 Å². The average molecular weight is 408 g/mol. The van der Waals surface area contributed by atoms with Crippen molar-refractivity contribution in [2.45, 2.75) is 56.5 Å². The standard InChI is InChI=1S/C13H18F10N2O/c1-7(11(16,17)9(14)13(20,21)22)26-8(2)12(18,19)10(15)24-3-5-25(23)6-4-24/h7-10H,3-6H2,1-2H3. The molecule has 1 saturated heterocycles. The van der Waals surface area contributed by atoms with Gasteiger partial charge >= 0.3 is 18.0 Å². The first-order chi connectivity index (χ1) is 11.6. The van der Waals surface area contributed by atoms with Crippen LogP contribution in [0, 0.1) is 0 Å². The summed E-state index contributed by atoms with van der Waals surface area (Å²) in [7, 11) is 0. The minimum atomic E-state index is -5.93. The van der Waals surface area contributed by atoms with E-state index < -0.39 is 55.8 Å². The molecule has 0 amide bonds. The minimum Gasteiger partial charge on any atom is -0.363 e. The molecule has 0 saturated carbocycles. The summed E-state index contributed by atoms with van der Waals surface area (Å²) < 4.78 is 135. The molecule has 13 heteroatoms. The van der Waals surface area contributed by atoms with Crippen LogP contribution in [0.2, 0.25) is 0 Å². The third-order valence-corrected chi connectivity index (χ3v) is 4.02. The van der Waals surface area contributed by atoms with Crippen LogP contribution in [-0.4, -0.2) is 78.9 Å². The van der Waals surface area contributed by atoms with Gasteiger partial charge in [0.2, 0.25) is 6.30 Å². The van der Waals surface area contributed by atoms with Gasteiger partial charge < -0.3 is 4.74 Å². The van der Waals surface area contributed by atoms with E-state index in [4.69, 9.17) is 0 Å². The van der Waals surface area contributed by atoms with Crippen LogP contribution in [0.1, 0.15) is 13.8 Å². The highest BCUT2D eigenvalue weighted by Crippen LogP contribution is 2.40. The molecule has 1 aliphatic heterocycles. The molecular formula is C13H18F10N2O. The largest absolute Gasteiger partial charge is 0.425 e. The molecule has 26 heavy (non-hydrogen) atoms. The molecule has 156 valence electrons. The van der Waals surface area contributed by atoms with Gasteiger partial charge in [-0.25, -0.2) is 17.6 Å². The van der Waals surface area contributed by atoms with Gasteiger partial charge in [0.1, 0.15) is 12.2 Å². The molecule has 0 N–H and O–H groups in total. The van der Waals surface area contributed by atoms with Crippen molar-refractivity contribution in [2.75, 3.05) is 26.2 Å². The molecule has 1 heterocycles. The van der Waals surface area contributed by atoms with Gasteiger partial charge in [0.05, 0.1) is 0 Å². The van der Waals surface area contributed by atoms with Crippen molar-refractivity contribution in [3.8, 4) is 0 Å². The number of alkyl halides is 9. The summed E-state index contributed by atoms with van der Waals surface area (Å²) >= 11 is 0. The number of hydrogen-bond donors (Lipinski definition) is 0. The molecule has 0 bridgehead atoms. The lowest BCUT2D eigenvalue weighted by Gasteiger charge is -2.38. The van der Waals surface area contributed by atoms with E-state index in [9.17, 15) is 44.0 Å². The fraction of sp³-hybridized carbons (Fsp3) is 1.00. The smallest absolute Gasteiger partial charge is 0.363 e.